The van der Waals surface area contributed by atoms with Crippen LogP contribution in [0.25, 0.3) is 11.0 Å². The number of anilines is 1. The number of aromatic amines is 1. The van der Waals surface area contributed by atoms with Gasteiger partial charge in [-0.05, 0) is 35.7 Å². The Hall–Kier alpha value is -2.99. The summed E-state index contributed by atoms with van der Waals surface area (Å²) in [6.45, 7) is 0.728. The van der Waals surface area contributed by atoms with Crippen LogP contribution in [0.2, 0.25) is 0 Å². The monoisotopic (exact) mass is 334 g/mol. The predicted molar refractivity (Wildman–Crippen MR) is 95.4 cm³/mol. The third kappa shape index (κ3) is 2.79. The molecule has 0 spiro atoms. The van der Waals surface area contributed by atoms with E-state index >= 15 is 0 Å². The molecule has 0 aliphatic carbocycles. The summed E-state index contributed by atoms with van der Waals surface area (Å²) in [5, 5.41) is 6.11. The van der Waals surface area contributed by atoms with E-state index in [0.29, 0.717) is 16.8 Å². The number of hydrogen-bond acceptors (Lipinski definition) is 5. The first-order valence-electron chi connectivity index (χ1n) is 7.50. The van der Waals surface area contributed by atoms with E-state index in [-0.39, 0.29) is 5.78 Å². The van der Waals surface area contributed by atoms with E-state index in [0.717, 1.165) is 17.7 Å². The highest BCUT2D eigenvalue weighted by molar-refractivity contribution is 7.09. The van der Waals surface area contributed by atoms with E-state index in [1.807, 2.05) is 29.6 Å². The Morgan fingerprint density at radius 2 is 2.12 bits per heavy atom. The van der Waals surface area contributed by atoms with E-state index in [2.05, 4.69) is 26.3 Å². The third-order valence-electron chi connectivity index (χ3n) is 3.75. The van der Waals surface area contributed by atoms with Crippen molar-refractivity contribution in [2.24, 2.45) is 0 Å². The largest absolute Gasteiger partial charge is 0.365 e. The van der Waals surface area contributed by atoms with Crippen molar-refractivity contribution in [3.05, 3.63) is 76.4 Å². The molecule has 0 bridgehead atoms. The molecular weight excluding hydrogens is 320 g/mol. The molecule has 4 heterocycles. The lowest BCUT2D eigenvalue weighted by Gasteiger charge is -2.05. The molecule has 6 heteroatoms. The van der Waals surface area contributed by atoms with Gasteiger partial charge in [-0.25, -0.2) is 9.97 Å². The summed E-state index contributed by atoms with van der Waals surface area (Å²) in [7, 11) is 0. The molecule has 0 saturated carbocycles. The molecule has 0 aliphatic rings. The fourth-order valence-electron chi connectivity index (χ4n) is 2.52. The van der Waals surface area contributed by atoms with Crippen LogP contribution in [0.3, 0.4) is 0 Å². The Balaban J connectivity index is 1.53. The van der Waals surface area contributed by atoms with Crippen LogP contribution >= 0.6 is 11.3 Å². The van der Waals surface area contributed by atoms with Crippen LogP contribution in [-0.4, -0.2) is 20.7 Å². The van der Waals surface area contributed by atoms with Crippen LogP contribution in [0.15, 0.2) is 60.4 Å². The van der Waals surface area contributed by atoms with Crippen molar-refractivity contribution >= 4 is 34.0 Å². The number of nitrogens with zero attached hydrogens (tertiary/aromatic N) is 2. The molecule has 0 fully saturated rings. The number of carbonyl (C=O) groups excluding carboxylic acids is 1. The van der Waals surface area contributed by atoms with Crippen molar-refractivity contribution < 1.29 is 4.79 Å². The quantitative estimate of drug-likeness (QED) is 0.544. The van der Waals surface area contributed by atoms with Gasteiger partial charge >= 0.3 is 0 Å². The van der Waals surface area contributed by atoms with Crippen molar-refractivity contribution in [2.75, 3.05) is 5.32 Å². The van der Waals surface area contributed by atoms with Crippen molar-refractivity contribution in [3.8, 4) is 0 Å². The number of thiophene rings is 1. The molecule has 0 amide bonds. The lowest BCUT2D eigenvalue weighted by molar-refractivity contribution is 0.104. The number of nitrogens with one attached hydrogen (secondary N) is 2. The minimum atomic E-state index is -0.0634. The maximum Gasteiger partial charge on any atom is 0.196 e. The molecule has 2 N–H and O–H groups in total. The average molecular weight is 334 g/mol. The normalized spacial score (nSPS) is 10.8. The zero-order valence-corrected chi connectivity index (χ0v) is 13.5. The van der Waals surface area contributed by atoms with Crippen LogP contribution in [0.1, 0.15) is 20.8 Å². The fourth-order valence-corrected chi connectivity index (χ4v) is 3.17. The number of carbonyl (C=O) groups is 1. The number of H-pyrrole nitrogens is 1. The van der Waals surface area contributed by atoms with Gasteiger partial charge in [-0.3, -0.25) is 4.79 Å². The van der Waals surface area contributed by atoms with Gasteiger partial charge in [-0.1, -0.05) is 6.07 Å². The van der Waals surface area contributed by atoms with E-state index < -0.39 is 0 Å². The second-order valence-electron chi connectivity index (χ2n) is 5.30. The molecular formula is C18H14N4OS. The van der Waals surface area contributed by atoms with E-state index in [1.165, 1.54) is 4.88 Å². The summed E-state index contributed by atoms with van der Waals surface area (Å²) >= 11 is 1.70. The molecule has 0 aliphatic heterocycles. The van der Waals surface area contributed by atoms with Gasteiger partial charge in [0, 0.05) is 40.0 Å². The summed E-state index contributed by atoms with van der Waals surface area (Å²) in [4.78, 5) is 25.5. The first kappa shape index (κ1) is 14.6. The Kier molecular flexibility index (Phi) is 3.80. The van der Waals surface area contributed by atoms with Crippen LogP contribution in [0.4, 0.5) is 5.82 Å². The molecule has 4 aromatic heterocycles. The highest BCUT2D eigenvalue weighted by Crippen LogP contribution is 2.20. The Morgan fingerprint density at radius 3 is 2.92 bits per heavy atom. The summed E-state index contributed by atoms with van der Waals surface area (Å²) in [5.74, 6) is 0.687. The summed E-state index contributed by atoms with van der Waals surface area (Å²) < 4.78 is 0. The fraction of sp³-hybridized carbons (Fsp3) is 0.0556. The molecule has 5 nitrogen and oxygen atoms in total. The van der Waals surface area contributed by atoms with Gasteiger partial charge in [0.15, 0.2) is 5.78 Å². The second kappa shape index (κ2) is 6.25. The molecule has 0 saturated heterocycles. The minimum absolute atomic E-state index is 0.0634. The van der Waals surface area contributed by atoms with E-state index in [4.69, 9.17) is 0 Å². The van der Waals surface area contributed by atoms with Gasteiger partial charge in [0.1, 0.15) is 11.5 Å². The molecule has 118 valence electrons. The molecule has 4 aromatic rings. The number of rotatable bonds is 5. The topological polar surface area (TPSA) is 70.7 Å². The predicted octanol–water partition coefficient (Wildman–Crippen LogP) is 3.86. The smallest absolute Gasteiger partial charge is 0.196 e. The van der Waals surface area contributed by atoms with Gasteiger partial charge in [0.05, 0.1) is 6.54 Å². The van der Waals surface area contributed by atoms with E-state index in [1.54, 1.807) is 36.0 Å². The molecule has 24 heavy (non-hydrogen) atoms. The molecule has 0 radical (unpaired) electrons. The van der Waals surface area contributed by atoms with Crippen LogP contribution < -0.4 is 5.32 Å². The number of hydrogen-bond donors (Lipinski definition) is 2. The van der Waals surface area contributed by atoms with Crippen LogP contribution in [-0.2, 0) is 6.54 Å². The maximum absolute atomic E-state index is 12.7. The maximum atomic E-state index is 12.7. The number of pyridine rings is 2. The number of ketones is 1. The van der Waals surface area contributed by atoms with Crippen molar-refractivity contribution in [2.45, 2.75) is 6.54 Å². The van der Waals surface area contributed by atoms with Gasteiger partial charge < -0.3 is 10.3 Å². The molecule has 0 unspecified atom stereocenters. The van der Waals surface area contributed by atoms with Gasteiger partial charge in [0.25, 0.3) is 0 Å². The SMILES string of the molecule is O=C(c1ccc(NCc2cccs2)nc1)c1c[nH]c2ncccc12. The zero-order chi connectivity index (χ0) is 16.4. The Labute approximate surface area is 142 Å². The average Bonchev–Trinajstić information content (AvgIpc) is 3.29. The highest BCUT2D eigenvalue weighted by Gasteiger charge is 2.14. The van der Waals surface area contributed by atoms with Crippen molar-refractivity contribution in [1.29, 1.82) is 0 Å². The summed E-state index contributed by atoms with van der Waals surface area (Å²) in [6, 6.07) is 11.4. The van der Waals surface area contributed by atoms with Crippen LogP contribution in [0, 0.1) is 0 Å². The lowest BCUT2D eigenvalue weighted by Crippen LogP contribution is -2.04. The van der Waals surface area contributed by atoms with Crippen molar-refractivity contribution in [3.63, 3.8) is 0 Å². The van der Waals surface area contributed by atoms with Crippen LogP contribution in [0.5, 0.6) is 0 Å². The molecule has 4 rings (SSSR count). The van der Waals surface area contributed by atoms with E-state index in [9.17, 15) is 4.79 Å². The number of aromatic nitrogens is 3. The number of fused-ring (bicyclic) bond motifs is 1. The Morgan fingerprint density at radius 1 is 1.17 bits per heavy atom. The highest BCUT2D eigenvalue weighted by atomic mass is 32.1. The Bertz CT molecular complexity index is 974. The summed E-state index contributed by atoms with van der Waals surface area (Å²) in [5.41, 5.74) is 1.88. The summed E-state index contributed by atoms with van der Waals surface area (Å²) in [6.07, 6.45) is 5.00. The second-order valence-corrected chi connectivity index (χ2v) is 6.33. The van der Waals surface area contributed by atoms with Crippen molar-refractivity contribution in [1.82, 2.24) is 15.0 Å². The molecule has 0 aromatic carbocycles. The molecule has 0 atom stereocenters. The van der Waals surface area contributed by atoms with Gasteiger partial charge in [0.2, 0.25) is 0 Å². The van der Waals surface area contributed by atoms with Gasteiger partial charge in [-0.2, -0.15) is 0 Å². The first-order chi connectivity index (χ1) is 11.8. The minimum Gasteiger partial charge on any atom is -0.365 e. The standard InChI is InChI=1S/C18H14N4OS/c23-17(15-11-22-18-14(15)4-1-7-19-18)12-5-6-16(20-9-12)21-10-13-3-2-8-24-13/h1-9,11H,10H2,(H,19,22)(H,20,21). The zero-order valence-electron chi connectivity index (χ0n) is 12.7. The lowest BCUT2D eigenvalue weighted by atomic mass is 10.1. The first-order valence-corrected chi connectivity index (χ1v) is 8.38. The third-order valence-corrected chi connectivity index (χ3v) is 4.62. The van der Waals surface area contributed by atoms with Gasteiger partial charge in [-0.15, -0.1) is 11.3 Å².